The van der Waals surface area contributed by atoms with E-state index in [-0.39, 0.29) is 6.67 Å². The molecule has 0 saturated heterocycles. The molecule has 0 aromatic heterocycles. The summed E-state index contributed by atoms with van der Waals surface area (Å²) in [5.41, 5.74) is 5.38. The molecule has 0 amide bonds. The van der Waals surface area contributed by atoms with Crippen molar-refractivity contribution in [1.29, 1.82) is 0 Å². The fourth-order valence-corrected chi connectivity index (χ4v) is 0.913. The van der Waals surface area contributed by atoms with Gasteiger partial charge >= 0.3 is 0 Å². The Hall–Kier alpha value is -0.110. The predicted octanol–water partition coefficient (Wildman–Crippen LogP) is 0.693. The Morgan fingerprint density at radius 1 is 1.57 bits per heavy atom. The van der Waals surface area contributed by atoms with Gasteiger partial charge in [0.25, 0.3) is 0 Å². The average Bonchev–Trinajstić information content (AvgIpc) is 1.58. The Balaban J connectivity index is 2.06. The first kappa shape index (κ1) is 5.04. The van der Waals surface area contributed by atoms with E-state index in [1.165, 1.54) is 0 Å². The van der Waals surface area contributed by atoms with Gasteiger partial charge < -0.3 is 5.73 Å². The van der Waals surface area contributed by atoms with Crippen LogP contribution in [0.4, 0.5) is 4.39 Å². The van der Waals surface area contributed by atoms with Gasteiger partial charge in [-0.1, -0.05) is 0 Å². The van der Waals surface area contributed by atoms with E-state index < -0.39 is 0 Å². The number of hydrogen-bond acceptors (Lipinski definition) is 1. The highest BCUT2D eigenvalue weighted by Gasteiger charge is 2.24. The van der Waals surface area contributed by atoms with Crippen LogP contribution in [-0.2, 0) is 0 Å². The molecule has 0 aromatic carbocycles. The molecule has 1 aliphatic rings. The van der Waals surface area contributed by atoms with Gasteiger partial charge in [-0.15, -0.1) is 0 Å². The van der Waals surface area contributed by atoms with Crippen molar-refractivity contribution in [2.75, 3.05) is 6.67 Å². The first-order valence-electron chi connectivity index (χ1n) is 2.64. The largest absolute Gasteiger partial charge is 0.328 e. The Kier molecular flexibility index (Phi) is 1.28. The lowest BCUT2D eigenvalue weighted by Gasteiger charge is -2.29. The number of alkyl halides is 1. The van der Waals surface area contributed by atoms with Crippen LogP contribution in [-0.4, -0.2) is 12.7 Å². The highest BCUT2D eigenvalue weighted by atomic mass is 19.1. The minimum atomic E-state index is -0.173. The quantitative estimate of drug-likeness (QED) is 0.519. The van der Waals surface area contributed by atoms with Gasteiger partial charge in [-0.3, -0.25) is 4.39 Å². The zero-order valence-electron chi connectivity index (χ0n) is 4.23. The van der Waals surface area contributed by atoms with Crippen LogP contribution < -0.4 is 5.73 Å². The molecule has 0 aromatic rings. The van der Waals surface area contributed by atoms with Crippen LogP contribution in [0.2, 0.25) is 0 Å². The first-order valence-corrected chi connectivity index (χ1v) is 2.64. The minimum Gasteiger partial charge on any atom is -0.328 e. The zero-order valence-corrected chi connectivity index (χ0v) is 4.23. The van der Waals surface area contributed by atoms with E-state index in [0.717, 1.165) is 12.8 Å². The summed E-state index contributed by atoms with van der Waals surface area (Å²) >= 11 is 0. The lowest BCUT2D eigenvalue weighted by Crippen LogP contribution is -2.37. The van der Waals surface area contributed by atoms with Gasteiger partial charge in [0, 0.05) is 6.04 Å². The monoisotopic (exact) mass is 103 g/mol. The summed E-state index contributed by atoms with van der Waals surface area (Å²) < 4.78 is 11.6. The molecular formula is C5H10FN. The van der Waals surface area contributed by atoms with Crippen molar-refractivity contribution in [3.8, 4) is 0 Å². The third-order valence-corrected chi connectivity index (χ3v) is 1.49. The molecule has 0 radical (unpaired) electrons. The second-order valence-corrected chi connectivity index (χ2v) is 2.25. The van der Waals surface area contributed by atoms with Gasteiger partial charge in [0.2, 0.25) is 0 Å². The van der Waals surface area contributed by atoms with Crippen LogP contribution in [0.1, 0.15) is 12.8 Å². The Morgan fingerprint density at radius 2 is 2.14 bits per heavy atom. The summed E-state index contributed by atoms with van der Waals surface area (Å²) in [5, 5.41) is 0. The summed E-state index contributed by atoms with van der Waals surface area (Å²) in [6, 6.07) is 0.306. The van der Waals surface area contributed by atoms with E-state index in [1.807, 2.05) is 0 Å². The standard InChI is InChI=1S/C5H10FN/c6-3-4-1-5(7)2-4/h4-5H,1-3,7H2. The molecule has 1 aliphatic carbocycles. The molecule has 1 rings (SSSR count). The number of rotatable bonds is 1. The van der Waals surface area contributed by atoms with E-state index in [4.69, 9.17) is 5.73 Å². The smallest absolute Gasteiger partial charge is 0.0923 e. The van der Waals surface area contributed by atoms with Crippen LogP contribution in [0.5, 0.6) is 0 Å². The third kappa shape index (κ3) is 0.911. The molecule has 1 saturated carbocycles. The third-order valence-electron chi connectivity index (χ3n) is 1.49. The molecule has 0 atom stereocenters. The molecular weight excluding hydrogens is 93.1 g/mol. The Morgan fingerprint density at radius 3 is 2.29 bits per heavy atom. The summed E-state index contributed by atoms with van der Waals surface area (Å²) in [7, 11) is 0. The van der Waals surface area contributed by atoms with Gasteiger partial charge in [-0.05, 0) is 18.8 Å². The summed E-state index contributed by atoms with van der Waals surface area (Å²) in [4.78, 5) is 0. The van der Waals surface area contributed by atoms with Crippen molar-refractivity contribution in [2.24, 2.45) is 11.7 Å². The van der Waals surface area contributed by atoms with Gasteiger partial charge in [0.05, 0.1) is 6.67 Å². The normalized spacial score (nSPS) is 40.3. The second kappa shape index (κ2) is 1.78. The molecule has 0 spiro atoms. The number of nitrogens with two attached hydrogens (primary N) is 1. The van der Waals surface area contributed by atoms with Crippen LogP contribution in [0.25, 0.3) is 0 Å². The van der Waals surface area contributed by atoms with Crippen LogP contribution in [0.15, 0.2) is 0 Å². The fraction of sp³-hybridized carbons (Fsp3) is 1.00. The van der Waals surface area contributed by atoms with Crippen LogP contribution in [0.3, 0.4) is 0 Å². The molecule has 0 aliphatic heterocycles. The SMILES string of the molecule is NC1CC(CF)C1. The molecule has 0 unspecified atom stereocenters. The molecule has 1 nitrogen and oxygen atoms in total. The van der Waals surface area contributed by atoms with E-state index in [2.05, 4.69) is 0 Å². The second-order valence-electron chi connectivity index (χ2n) is 2.25. The van der Waals surface area contributed by atoms with E-state index in [1.54, 1.807) is 0 Å². The first-order chi connectivity index (χ1) is 3.33. The van der Waals surface area contributed by atoms with Crippen LogP contribution in [0, 0.1) is 5.92 Å². The molecule has 2 N–H and O–H groups in total. The highest BCUT2D eigenvalue weighted by Crippen LogP contribution is 2.25. The minimum absolute atomic E-state index is 0.173. The van der Waals surface area contributed by atoms with Crippen molar-refractivity contribution in [3.63, 3.8) is 0 Å². The Labute approximate surface area is 42.7 Å². The van der Waals surface area contributed by atoms with Crippen molar-refractivity contribution in [1.82, 2.24) is 0 Å². The fourth-order valence-electron chi connectivity index (χ4n) is 0.913. The topological polar surface area (TPSA) is 26.0 Å². The van der Waals surface area contributed by atoms with Crippen LogP contribution >= 0.6 is 0 Å². The van der Waals surface area contributed by atoms with Crippen molar-refractivity contribution in [3.05, 3.63) is 0 Å². The lowest BCUT2D eigenvalue weighted by molar-refractivity contribution is 0.210. The summed E-state index contributed by atoms with van der Waals surface area (Å²) in [6.45, 7) is -0.173. The molecule has 0 bridgehead atoms. The maximum Gasteiger partial charge on any atom is 0.0923 e. The number of halogens is 1. The maximum absolute atomic E-state index is 11.6. The molecule has 1 fully saturated rings. The van der Waals surface area contributed by atoms with Gasteiger partial charge in [-0.25, -0.2) is 0 Å². The van der Waals surface area contributed by atoms with Gasteiger partial charge in [0.15, 0.2) is 0 Å². The van der Waals surface area contributed by atoms with E-state index in [0.29, 0.717) is 12.0 Å². The van der Waals surface area contributed by atoms with E-state index >= 15 is 0 Å². The zero-order chi connectivity index (χ0) is 5.28. The predicted molar refractivity (Wildman–Crippen MR) is 26.7 cm³/mol. The lowest BCUT2D eigenvalue weighted by atomic mass is 9.82. The van der Waals surface area contributed by atoms with Crippen molar-refractivity contribution < 1.29 is 4.39 Å². The molecule has 0 heterocycles. The summed E-state index contributed by atoms with van der Waals surface area (Å²) in [5.74, 6) is 0.301. The molecule has 42 valence electrons. The average molecular weight is 103 g/mol. The van der Waals surface area contributed by atoms with Gasteiger partial charge in [0.1, 0.15) is 0 Å². The summed E-state index contributed by atoms with van der Waals surface area (Å²) in [6.07, 6.45) is 1.80. The molecule has 7 heavy (non-hydrogen) atoms. The number of hydrogen-bond donors (Lipinski definition) is 1. The van der Waals surface area contributed by atoms with Crippen molar-refractivity contribution >= 4 is 0 Å². The van der Waals surface area contributed by atoms with Gasteiger partial charge in [-0.2, -0.15) is 0 Å². The molecule has 2 heteroatoms. The Bertz CT molecular complexity index is 59.1. The van der Waals surface area contributed by atoms with Crippen molar-refractivity contribution in [2.45, 2.75) is 18.9 Å². The maximum atomic E-state index is 11.6. The van der Waals surface area contributed by atoms with E-state index in [9.17, 15) is 4.39 Å². The highest BCUT2D eigenvalue weighted by molar-refractivity contribution is 4.80.